The number of rotatable bonds is 3. The highest BCUT2D eigenvalue weighted by molar-refractivity contribution is 9.10. The van der Waals surface area contributed by atoms with Crippen molar-refractivity contribution in [1.82, 2.24) is 0 Å². The molecule has 0 saturated heterocycles. The fraction of sp³-hybridized carbons (Fsp3) is 0.0714. The molecule has 96 valence electrons. The molecule has 0 aliphatic carbocycles. The van der Waals surface area contributed by atoms with Crippen molar-refractivity contribution in [1.29, 1.82) is 5.26 Å². The molecule has 0 atom stereocenters. The average molecular weight is 340 g/mol. The molecule has 2 rings (SSSR count). The van der Waals surface area contributed by atoms with Crippen molar-refractivity contribution in [2.24, 2.45) is 0 Å². The Bertz CT molecular complexity index is 652. The first-order chi connectivity index (χ1) is 9.11. The summed E-state index contributed by atoms with van der Waals surface area (Å²) in [5, 5.41) is 12.4. The van der Waals surface area contributed by atoms with Gasteiger partial charge in [0.25, 0.3) is 0 Å². The van der Waals surface area contributed by atoms with Crippen LogP contribution in [0.3, 0.4) is 0 Å². The Labute approximate surface area is 123 Å². The SMILES string of the molecule is N#Cc1cccc(CNc2cc(Cl)ccc2Br)c1F. The Balaban J connectivity index is 2.20. The number of hydrogen-bond donors (Lipinski definition) is 1. The number of anilines is 1. The van der Waals surface area contributed by atoms with E-state index in [1.54, 1.807) is 24.3 Å². The number of benzene rings is 2. The molecule has 19 heavy (non-hydrogen) atoms. The maximum atomic E-state index is 13.9. The van der Waals surface area contributed by atoms with E-state index in [1.165, 1.54) is 6.07 Å². The number of nitrogens with zero attached hydrogens (tertiary/aromatic N) is 1. The van der Waals surface area contributed by atoms with Gasteiger partial charge < -0.3 is 5.32 Å². The van der Waals surface area contributed by atoms with Gasteiger partial charge in [-0.15, -0.1) is 0 Å². The van der Waals surface area contributed by atoms with Gasteiger partial charge in [0.2, 0.25) is 0 Å². The second kappa shape index (κ2) is 6.05. The molecular formula is C14H9BrClFN2. The molecule has 0 aromatic heterocycles. The van der Waals surface area contributed by atoms with Gasteiger partial charge in [-0.1, -0.05) is 23.7 Å². The van der Waals surface area contributed by atoms with E-state index in [9.17, 15) is 4.39 Å². The maximum absolute atomic E-state index is 13.9. The highest BCUT2D eigenvalue weighted by Gasteiger charge is 2.08. The topological polar surface area (TPSA) is 35.8 Å². The Hall–Kier alpha value is -1.57. The van der Waals surface area contributed by atoms with E-state index in [-0.39, 0.29) is 12.1 Å². The van der Waals surface area contributed by atoms with E-state index in [1.807, 2.05) is 12.1 Å². The van der Waals surface area contributed by atoms with Gasteiger partial charge >= 0.3 is 0 Å². The van der Waals surface area contributed by atoms with Crippen LogP contribution in [-0.2, 0) is 6.54 Å². The molecule has 0 amide bonds. The summed E-state index contributed by atoms with van der Waals surface area (Å²) in [5.41, 5.74) is 1.25. The Morgan fingerprint density at radius 2 is 2.11 bits per heavy atom. The quantitative estimate of drug-likeness (QED) is 0.878. The summed E-state index contributed by atoms with van der Waals surface area (Å²) < 4.78 is 14.7. The second-order valence-electron chi connectivity index (χ2n) is 3.87. The molecular weight excluding hydrogens is 331 g/mol. The van der Waals surface area contributed by atoms with Crippen molar-refractivity contribution < 1.29 is 4.39 Å². The van der Waals surface area contributed by atoms with Crippen LogP contribution in [0.25, 0.3) is 0 Å². The summed E-state index contributed by atoms with van der Waals surface area (Å²) in [4.78, 5) is 0. The predicted molar refractivity (Wildman–Crippen MR) is 77.6 cm³/mol. The third-order valence-electron chi connectivity index (χ3n) is 2.60. The van der Waals surface area contributed by atoms with Crippen LogP contribution in [0.4, 0.5) is 10.1 Å². The highest BCUT2D eigenvalue weighted by atomic mass is 79.9. The zero-order valence-electron chi connectivity index (χ0n) is 9.75. The van der Waals surface area contributed by atoms with Crippen molar-refractivity contribution in [3.05, 3.63) is 62.8 Å². The first-order valence-electron chi connectivity index (χ1n) is 5.48. The van der Waals surface area contributed by atoms with Crippen molar-refractivity contribution in [2.45, 2.75) is 6.54 Å². The molecule has 5 heteroatoms. The van der Waals surface area contributed by atoms with Crippen LogP contribution in [0, 0.1) is 17.1 Å². The summed E-state index contributed by atoms with van der Waals surface area (Å²) in [6.07, 6.45) is 0. The first kappa shape index (κ1) is 13.9. The van der Waals surface area contributed by atoms with E-state index in [4.69, 9.17) is 16.9 Å². The fourth-order valence-electron chi connectivity index (χ4n) is 1.63. The number of nitrogens with one attached hydrogen (secondary N) is 1. The molecule has 0 aliphatic rings. The molecule has 2 aromatic rings. The lowest BCUT2D eigenvalue weighted by molar-refractivity contribution is 0.609. The normalized spacial score (nSPS) is 10.0. The summed E-state index contributed by atoms with van der Waals surface area (Å²) >= 11 is 9.28. The molecule has 0 aliphatic heterocycles. The summed E-state index contributed by atoms with van der Waals surface area (Å²) in [6, 6.07) is 11.9. The van der Waals surface area contributed by atoms with E-state index < -0.39 is 5.82 Å². The second-order valence-corrected chi connectivity index (χ2v) is 5.16. The third kappa shape index (κ3) is 3.25. The van der Waals surface area contributed by atoms with E-state index in [2.05, 4.69) is 21.2 Å². The van der Waals surface area contributed by atoms with E-state index >= 15 is 0 Å². The van der Waals surface area contributed by atoms with Crippen LogP contribution < -0.4 is 5.32 Å². The van der Waals surface area contributed by atoms with Crippen LogP contribution in [0.15, 0.2) is 40.9 Å². The maximum Gasteiger partial charge on any atom is 0.145 e. The lowest BCUT2D eigenvalue weighted by atomic mass is 10.1. The Morgan fingerprint density at radius 1 is 1.32 bits per heavy atom. The van der Waals surface area contributed by atoms with Crippen LogP contribution in [0.2, 0.25) is 5.02 Å². The predicted octanol–water partition coefficient (Wildman–Crippen LogP) is 4.73. The molecule has 0 heterocycles. The summed E-state index contributed by atoms with van der Waals surface area (Å²) in [6.45, 7) is 0.278. The molecule has 2 aromatic carbocycles. The monoisotopic (exact) mass is 338 g/mol. The lowest BCUT2D eigenvalue weighted by Gasteiger charge is -2.10. The Kier molecular flexibility index (Phi) is 4.41. The lowest BCUT2D eigenvalue weighted by Crippen LogP contribution is -2.03. The number of nitriles is 1. The van der Waals surface area contributed by atoms with Crippen LogP contribution in [0.5, 0.6) is 0 Å². The molecule has 2 nitrogen and oxygen atoms in total. The molecule has 1 N–H and O–H groups in total. The zero-order valence-corrected chi connectivity index (χ0v) is 12.1. The minimum atomic E-state index is -0.490. The third-order valence-corrected chi connectivity index (χ3v) is 3.52. The summed E-state index contributed by atoms with van der Waals surface area (Å²) in [5.74, 6) is -0.490. The van der Waals surface area contributed by atoms with Crippen LogP contribution in [-0.4, -0.2) is 0 Å². The van der Waals surface area contributed by atoms with Gasteiger partial charge in [-0.05, 0) is 40.2 Å². The smallest absolute Gasteiger partial charge is 0.145 e. The van der Waals surface area contributed by atoms with Gasteiger partial charge in [0, 0.05) is 21.6 Å². The molecule has 0 radical (unpaired) electrons. The van der Waals surface area contributed by atoms with Crippen LogP contribution in [0.1, 0.15) is 11.1 Å². The minimum Gasteiger partial charge on any atom is -0.380 e. The fourth-order valence-corrected chi connectivity index (χ4v) is 2.18. The summed E-state index contributed by atoms with van der Waals surface area (Å²) in [7, 11) is 0. The van der Waals surface area contributed by atoms with Gasteiger partial charge in [-0.25, -0.2) is 4.39 Å². The van der Waals surface area contributed by atoms with Gasteiger partial charge in [-0.2, -0.15) is 5.26 Å². The van der Waals surface area contributed by atoms with E-state index in [0.29, 0.717) is 10.6 Å². The molecule has 0 fully saturated rings. The van der Waals surface area contributed by atoms with E-state index in [0.717, 1.165) is 10.2 Å². The number of halogens is 3. The molecule has 0 spiro atoms. The van der Waals surface area contributed by atoms with Crippen LogP contribution >= 0.6 is 27.5 Å². The Morgan fingerprint density at radius 3 is 2.84 bits per heavy atom. The average Bonchev–Trinajstić information content (AvgIpc) is 2.41. The molecule has 0 unspecified atom stereocenters. The largest absolute Gasteiger partial charge is 0.380 e. The van der Waals surface area contributed by atoms with Crippen molar-refractivity contribution in [3.8, 4) is 6.07 Å². The van der Waals surface area contributed by atoms with Gasteiger partial charge in [0.1, 0.15) is 11.9 Å². The molecule has 0 bridgehead atoms. The minimum absolute atomic E-state index is 0.0458. The number of hydrogen-bond acceptors (Lipinski definition) is 2. The van der Waals surface area contributed by atoms with Gasteiger partial charge in [0.15, 0.2) is 0 Å². The highest BCUT2D eigenvalue weighted by Crippen LogP contribution is 2.26. The van der Waals surface area contributed by atoms with Gasteiger partial charge in [-0.3, -0.25) is 0 Å². The van der Waals surface area contributed by atoms with Crippen molar-refractivity contribution in [2.75, 3.05) is 5.32 Å². The first-order valence-corrected chi connectivity index (χ1v) is 6.65. The van der Waals surface area contributed by atoms with Crippen molar-refractivity contribution >= 4 is 33.2 Å². The standard InChI is InChI=1S/C14H9BrClFN2/c15-12-5-4-11(16)6-13(12)19-8-10-3-1-2-9(7-18)14(10)17/h1-6,19H,8H2. The van der Waals surface area contributed by atoms with Crippen molar-refractivity contribution in [3.63, 3.8) is 0 Å². The van der Waals surface area contributed by atoms with Gasteiger partial charge in [0.05, 0.1) is 11.3 Å². The zero-order chi connectivity index (χ0) is 13.8. The molecule has 0 saturated carbocycles.